The molecular formula is C18H14BrFN2O. The Hall–Kier alpha value is -2.45. The molecule has 1 amide bonds. The summed E-state index contributed by atoms with van der Waals surface area (Å²) in [5.41, 5.74) is 1.15. The van der Waals surface area contributed by atoms with Gasteiger partial charge in [0.1, 0.15) is 17.5 Å². The number of carbonyl (C=O) groups excluding carboxylic acids is 1. The molecule has 0 unspecified atom stereocenters. The smallest absolute Gasteiger partial charge is 0.261 e. The van der Waals surface area contributed by atoms with E-state index in [1.165, 1.54) is 18.2 Å². The van der Waals surface area contributed by atoms with Gasteiger partial charge in [-0.3, -0.25) is 4.79 Å². The van der Waals surface area contributed by atoms with E-state index in [1.807, 2.05) is 36.4 Å². The van der Waals surface area contributed by atoms with Crippen molar-refractivity contribution in [1.82, 2.24) is 5.32 Å². The number of nitrogens with zero attached hydrogens (tertiary/aromatic N) is 1. The van der Waals surface area contributed by atoms with Crippen LogP contribution >= 0.6 is 15.9 Å². The highest BCUT2D eigenvalue weighted by molar-refractivity contribution is 9.10. The highest BCUT2D eigenvalue weighted by Gasteiger charge is 2.10. The molecule has 0 atom stereocenters. The molecule has 116 valence electrons. The highest BCUT2D eigenvalue weighted by atomic mass is 79.9. The van der Waals surface area contributed by atoms with Crippen molar-refractivity contribution in [3.8, 4) is 6.07 Å². The van der Waals surface area contributed by atoms with E-state index >= 15 is 0 Å². The number of nitrogens with one attached hydrogen (secondary N) is 1. The van der Waals surface area contributed by atoms with Crippen molar-refractivity contribution >= 4 is 27.9 Å². The molecule has 0 fully saturated rings. The molecular weight excluding hydrogens is 359 g/mol. The Morgan fingerprint density at radius 3 is 2.70 bits per heavy atom. The Kier molecular flexibility index (Phi) is 6.07. The molecule has 3 nitrogen and oxygen atoms in total. The lowest BCUT2D eigenvalue weighted by Gasteiger charge is -2.05. The van der Waals surface area contributed by atoms with Crippen molar-refractivity contribution in [2.45, 2.75) is 6.42 Å². The first kappa shape index (κ1) is 16.9. The van der Waals surface area contributed by atoms with Gasteiger partial charge in [0.25, 0.3) is 5.91 Å². The summed E-state index contributed by atoms with van der Waals surface area (Å²) in [5.74, 6) is -0.999. The number of nitriles is 1. The molecule has 2 rings (SSSR count). The second-order valence-electron chi connectivity index (χ2n) is 4.83. The average Bonchev–Trinajstić information content (AvgIpc) is 2.56. The first-order valence-corrected chi connectivity index (χ1v) is 7.78. The van der Waals surface area contributed by atoms with Crippen molar-refractivity contribution in [2.24, 2.45) is 0 Å². The lowest BCUT2D eigenvalue weighted by Crippen LogP contribution is -2.26. The van der Waals surface area contributed by atoms with Crippen LogP contribution in [0.1, 0.15) is 11.1 Å². The summed E-state index contributed by atoms with van der Waals surface area (Å²) in [6.45, 7) is 0.406. The Bertz CT molecular complexity index is 766. The topological polar surface area (TPSA) is 52.9 Å². The normalized spacial score (nSPS) is 10.9. The molecule has 0 saturated heterocycles. The van der Waals surface area contributed by atoms with Gasteiger partial charge >= 0.3 is 0 Å². The van der Waals surface area contributed by atoms with Gasteiger partial charge in [0.2, 0.25) is 0 Å². The molecule has 0 radical (unpaired) electrons. The van der Waals surface area contributed by atoms with Crippen LogP contribution in [0.4, 0.5) is 4.39 Å². The van der Waals surface area contributed by atoms with Gasteiger partial charge < -0.3 is 5.32 Å². The maximum Gasteiger partial charge on any atom is 0.261 e. The maximum absolute atomic E-state index is 13.7. The summed E-state index contributed by atoms with van der Waals surface area (Å²) in [6, 6.07) is 15.9. The van der Waals surface area contributed by atoms with E-state index < -0.39 is 11.7 Å². The van der Waals surface area contributed by atoms with Crippen molar-refractivity contribution in [2.75, 3.05) is 6.54 Å². The predicted octanol–water partition coefficient (Wildman–Crippen LogP) is 3.85. The second-order valence-corrected chi connectivity index (χ2v) is 5.74. The van der Waals surface area contributed by atoms with Crippen molar-refractivity contribution < 1.29 is 9.18 Å². The van der Waals surface area contributed by atoms with E-state index in [0.717, 1.165) is 5.56 Å². The van der Waals surface area contributed by atoms with Gasteiger partial charge in [-0.25, -0.2) is 4.39 Å². The van der Waals surface area contributed by atoms with Crippen LogP contribution in [0, 0.1) is 17.1 Å². The molecule has 0 aliphatic rings. The van der Waals surface area contributed by atoms with E-state index in [4.69, 9.17) is 5.26 Å². The lowest BCUT2D eigenvalue weighted by molar-refractivity contribution is -0.117. The number of carbonyl (C=O) groups is 1. The van der Waals surface area contributed by atoms with Gasteiger partial charge in [0.05, 0.1) is 0 Å². The van der Waals surface area contributed by atoms with Gasteiger partial charge in [-0.2, -0.15) is 5.26 Å². The van der Waals surface area contributed by atoms with E-state index in [-0.39, 0.29) is 11.1 Å². The van der Waals surface area contributed by atoms with E-state index in [9.17, 15) is 9.18 Å². The fraction of sp³-hybridized carbons (Fsp3) is 0.111. The number of rotatable bonds is 5. The van der Waals surface area contributed by atoms with Gasteiger partial charge in [-0.15, -0.1) is 0 Å². The first-order valence-electron chi connectivity index (χ1n) is 6.99. The first-order chi connectivity index (χ1) is 11.1. The number of hydrogen-bond donors (Lipinski definition) is 1. The molecule has 0 spiro atoms. The summed E-state index contributed by atoms with van der Waals surface area (Å²) in [4.78, 5) is 12.0. The quantitative estimate of drug-likeness (QED) is 0.639. The summed E-state index contributed by atoms with van der Waals surface area (Å²) >= 11 is 3.23. The number of hydrogen-bond acceptors (Lipinski definition) is 2. The Labute approximate surface area is 142 Å². The largest absolute Gasteiger partial charge is 0.351 e. The molecule has 2 aromatic rings. The van der Waals surface area contributed by atoms with Gasteiger partial charge in [-0.1, -0.05) is 46.3 Å². The van der Waals surface area contributed by atoms with Gasteiger partial charge in [-0.05, 0) is 36.3 Å². The molecule has 0 aromatic heterocycles. The molecule has 1 N–H and O–H groups in total. The summed E-state index contributed by atoms with van der Waals surface area (Å²) in [6.07, 6.45) is 1.91. The van der Waals surface area contributed by atoms with Crippen LogP contribution in [0.3, 0.4) is 0 Å². The van der Waals surface area contributed by atoms with Crippen LogP contribution < -0.4 is 5.32 Å². The number of benzene rings is 2. The summed E-state index contributed by atoms with van der Waals surface area (Å²) in [5, 5.41) is 11.8. The average molecular weight is 373 g/mol. The van der Waals surface area contributed by atoms with Crippen LogP contribution in [0.25, 0.3) is 6.08 Å². The van der Waals surface area contributed by atoms with Gasteiger partial charge in [0, 0.05) is 16.6 Å². The van der Waals surface area contributed by atoms with Gasteiger partial charge in [0.15, 0.2) is 0 Å². The molecule has 5 heteroatoms. The molecule has 23 heavy (non-hydrogen) atoms. The number of halogens is 2. The third-order valence-electron chi connectivity index (χ3n) is 3.17. The Balaban J connectivity index is 2.02. The minimum Gasteiger partial charge on any atom is -0.351 e. The number of amides is 1. The molecule has 0 aliphatic heterocycles. The molecule has 0 heterocycles. The van der Waals surface area contributed by atoms with Crippen LogP contribution in [-0.4, -0.2) is 12.5 Å². The monoisotopic (exact) mass is 372 g/mol. The zero-order valence-corrected chi connectivity index (χ0v) is 13.8. The van der Waals surface area contributed by atoms with Crippen LogP contribution in [-0.2, 0) is 11.2 Å². The maximum atomic E-state index is 13.7. The predicted molar refractivity (Wildman–Crippen MR) is 90.8 cm³/mol. The summed E-state index contributed by atoms with van der Waals surface area (Å²) < 4.78 is 14.4. The fourth-order valence-corrected chi connectivity index (χ4v) is 2.37. The third-order valence-corrected chi connectivity index (χ3v) is 3.66. The molecule has 0 bridgehead atoms. The lowest BCUT2D eigenvalue weighted by atomic mass is 10.1. The fourth-order valence-electron chi connectivity index (χ4n) is 1.99. The van der Waals surface area contributed by atoms with E-state index in [2.05, 4.69) is 21.2 Å². The van der Waals surface area contributed by atoms with Crippen LogP contribution in [0.15, 0.2) is 58.6 Å². The minimum atomic E-state index is -0.511. The zero-order chi connectivity index (χ0) is 16.7. The second kappa shape index (κ2) is 8.25. The Morgan fingerprint density at radius 1 is 1.26 bits per heavy atom. The van der Waals surface area contributed by atoms with E-state index in [0.29, 0.717) is 17.4 Å². The SMILES string of the molecule is N#C/C(=C\c1cc(Br)ccc1F)C(=O)NCCc1ccccc1. The zero-order valence-electron chi connectivity index (χ0n) is 12.2. The minimum absolute atomic E-state index is 0.130. The van der Waals surface area contributed by atoms with Crippen molar-refractivity contribution in [3.05, 3.63) is 75.5 Å². The molecule has 2 aromatic carbocycles. The van der Waals surface area contributed by atoms with Crippen molar-refractivity contribution in [1.29, 1.82) is 5.26 Å². The Morgan fingerprint density at radius 2 is 2.00 bits per heavy atom. The summed E-state index contributed by atoms with van der Waals surface area (Å²) in [7, 11) is 0. The highest BCUT2D eigenvalue weighted by Crippen LogP contribution is 2.18. The van der Waals surface area contributed by atoms with Crippen LogP contribution in [0.5, 0.6) is 0 Å². The standard InChI is InChI=1S/C18H14BrFN2O/c19-16-6-7-17(20)14(11-16)10-15(12-21)18(23)22-9-8-13-4-2-1-3-5-13/h1-7,10-11H,8-9H2,(H,22,23)/b15-10+. The van der Waals surface area contributed by atoms with E-state index in [1.54, 1.807) is 6.07 Å². The third kappa shape index (κ3) is 5.04. The molecule has 0 saturated carbocycles. The van der Waals surface area contributed by atoms with Crippen LogP contribution in [0.2, 0.25) is 0 Å². The van der Waals surface area contributed by atoms with Crippen molar-refractivity contribution in [3.63, 3.8) is 0 Å². The molecule has 0 aliphatic carbocycles.